The van der Waals surface area contributed by atoms with E-state index in [4.69, 9.17) is 5.11 Å². The molecule has 0 radical (unpaired) electrons. The molecule has 1 N–H and O–H groups in total. The van der Waals surface area contributed by atoms with Gasteiger partial charge in [-0.25, -0.2) is 4.79 Å². The summed E-state index contributed by atoms with van der Waals surface area (Å²) in [6, 6.07) is 7.72. The highest BCUT2D eigenvalue weighted by Crippen LogP contribution is 2.16. The van der Waals surface area contributed by atoms with Crippen LogP contribution in [0.4, 0.5) is 5.69 Å². The first-order chi connectivity index (χ1) is 8.99. The molecule has 1 aromatic carbocycles. The molecule has 0 aliphatic carbocycles. The molecule has 0 aliphatic rings. The van der Waals surface area contributed by atoms with Crippen LogP contribution in [0, 0.1) is 0 Å². The highest BCUT2D eigenvalue weighted by molar-refractivity contribution is 6.04. The van der Waals surface area contributed by atoms with Gasteiger partial charge in [-0.2, -0.15) is 5.10 Å². The van der Waals surface area contributed by atoms with Crippen LogP contribution in [0.1, 0.15) is 20.8 Å². The largest absolute Gasteiger partial charge is 0.478 e. The molecule has 0 bridgehead atoms. The molecule has 1 heterocycles. The van der Waals surface area contributed by atoms with E-state index in [-0.39, 0.29) is 11.5 Å². The molecule has 1 aromatic heterocycles. The van der Waals surface area contributed by atoms with Crippen LogP contribution in [-0.4, -0.2) is 33.8 Å². The fourth-order valence-corrected chi connectivity index (χ4v) is 1.65. The third kappa shape index (κ3) is 2.62. The summed E-state index contributed by atoms with van der Waals surface area (Å²) in [6.45, 7) is 0. The molecule has 6 nitrogen and oxygen atoms in total. The van der Waals surface area contributed by atoms with Gasteiger partial charge >= 0.3 is 5.97 Å². The maximum atomic E-state index is 12.1. The van der Waals surface area contributed by atoms with E-state index in [0.29, 0.717) is 11.4 Å². The maximum Gasteiger partial charge on any atom is 0.335 e. The van der Waals surface area contributed by atoms with Gasteiger partial charge in [0.2, 0.25) is 0 Å². The first-order valence-electron chi connectivity index (χ1n) is 5.60. The number of hydrogen-bond acceptors (Lipinski definition) is 3. The maximum absolute atomic E-state index is 12.1. The number of hydrogen-bond donors (Lipinski definition) is 1. The lowest BCUT2D eigenvalue weighted by Gasteiger charge is -2.16. The van der Waals surface area contributed by atoms with Gasteiger partial charge in [0.05, 0.1) is 5.56 Å². The van der Waals surface area contributed by atoms with Gasteiger partial charge < -0.3 is 10.0 Å². The Hall–Kier alpha value is -2.63. The topological polar surface area (TPSA) is 75.4 Å². The zero-order valence-electron chi connectivity index (χ0n) is 10.6. The molecule has 6 heteroatoms. The van der Waals surface area contributed by atoms with Crippen LogP contribution in [0.15, 0.2) is 36.5 Å². The Morgan fingerprint density at radius 3 is 2.32 bits per heavy atom. The van der Waals surface area contributed by atoms with Gasteiger partial charge in [0.1, 0.15) is 0 Å². The molecule has 98 valence electrons. The van der Waals surface area contributed by atoms with Crippen molar-refractivity contribution < 1.29 is 14.7 Å². The number of carboxylic acids is 1. The zero-order valence-corrected chi connectivity index (χ0v) is 10.6. The molecule has 1 amide bonds. The smallest absolute Gasteiger partial charge is 0.335 e. The Bertz CT molecular complexity index is 616. The van der Waals surface area contributed by atoms with Crippen LogP contribution in [0.3, 0.4) is 0 Å². The van der Waals surface area contributed by atoms with E-state index in [0.717, 1.165) is 0 Å². The van der Waals surface area contributed by atoms with Crippen molar-refractivity contribution in [2.75, 3.05) is 11.9 Å². The predicted molar refractivity (Wildman–Crippen MR) is 69.3 cm³/mol. The van der Waals surface area contributed by atoms with Crippen molar-refractivity contribution in [2.45, 2.75) is 0 Å². The summed E-state index contributed by atoms with van der Waals surface area (Å²) in [5.41, 5.74) is 1.13. The second-order valence-electron chi connectivity index (χ2n) is 4.09. The third-order valence-electron chi connectivity index (χ3n) is 2.74. The van der Waals surface area contributed by atoms with E-state index < -0.39 is 5.97 Å². The Labute approximate surface area is 109 Å². The summed E-state index contributed by atoms with van der Waals surface area (Å²) in [5.74, 6) is -1.24. The second-order valence-corrected chi connectivity index (χ2v) is 4.09. The lowest BCUT2D eigenvalue weighted by atomic mass is 10.2. The highest BCUT2D eigenvalue weighted by atomic mass is 16.4. The van der Waals surface area contributed by atoms with Gasteiger partial charge in [-0.15, -0.1) is 0 Å². The number of aromatic nitrogens is 2. The van der Waals surface area contributed by atoms with Crippen LogP contribution < -0.4 is 4.90 Å². The molecule has 0 spiro atoms. The SMILES string of the molecule is CN(C(=O)c1ccn(C)n1)c1ccc(C(=O)O)cc1. The highest BCUT2D eigenvalue weighted by Gasteiger charge is 2.16. The Morgan fingerprint density at radius 1 is 1.21 bits per heavy atom. The number of carboxylic acid groups (broad SMARTS) is 1. The van der Waals surface area contributed by atoms with Crippen molar-refractivity contribution in [1.29, 1.82) is 0 Å². The Morgan fingerprint density at radius 2 is 1.84 bits per heavy atom. The summed E-state index contributed by atoms with van der Waals surface area (Å²) in [7, 11) is 3.35. The summed E-state index contributed by atoms with van der Waals surface area (Å²) in [6.07, 6.45) is 1.69. The van der Waals surface area contributed by atoms with Crippen molar-refractivity contribution in [1.82, 2.24) is 9.78 Å². The number of anilines is 1. The molecular weight excluding hydrogens is 246 g/mol. The molecular formula is C13H13N3O3. The number of carbonyl (C=O) groups is 2. The average molecular weight is 259 g/mol. The summed E-state index contributed by atoms with van der Waals surface area (Å²) in [4.78, 5) is 24.3. The van der Waals surface area contributed by atoms with Gasteiger partial charge in [-0.3, -0.25) is 9.48 Å². The number of benzene rings is 1. The molecule has 0 aliphatic heterocycles. The van der Waals surface area contributed by atoms with E-state index >= 15 is 0 Å². The predicted octanol–water partition coefficient (Wildman–Crippen LogP) is 1.39. The van der Waals surface area contributed by atoms with E-state index in [1.807, 2.05) is 0 Å². The van der Waals surface area contributed by atoms with Gasteiger partial charge in [0.15, 0.2) is 5.69 Å². The van der Waals surface area contributed by atoms with Crippen molar-refractivity contribution in [2.24, 2.45) is 7.05 Å². The quantitative estimate of drug-likeness (QED) is 0.903. The van der Waals surface area contributed by atoms with Crippen molar-refractivity contribution in [3.05, 3.63) is 47.8 Å². The van der Waals surface area contributed by atoms with Gasteiger partial charge in [-0.1, -0.05) is 0 Å². The van der Waals surface area contributed by atoms with Gasteiger partial charge in [-0.05, 0) is 30.3 Å². The molecule has 2 aromatic rings. The number of aromatic carboxylic acids is 1. The number of amides is 1. The minimum Gasteiger partial charge on any atom is -0.478 e. The number of carbonyl (C=O) groups excluding carboxylic acids is 1. The lowest BCUT2D eigenvalue weighted by Crippen LogP contribution is -2.26. The minimum absolute atomic E-state index is 0.183. The summed E-state index contributed by atoms with van der Waals surface area (Å²) in [5, 5.41) is 12.8. The fourth-order valence-electron chi connectivity index (χ4n) is 1.65. The van der Waals surface area contributed by atoms with Crippen LogP contribution in [0.5, 0.6) is 0 Å². The Balaban J connectivity index is 2.21. The van der Waals surface area contributed by atoms with Crippen molar-refractivity contribution >= 4 is 17.6 Å². The van der Waals surface area contributed by atoms with Crippen LogP contribution in [0.25, 0.3) is 0 Å². The van der Waals surface area contributed by atoms with Crippen molar-refractivity contribution in [3.8, 4) is 0 Å². The fraction of sp³-hybridized carbons (Fsp3) is 0.154. The molecule has 0 saturated heterocycles. The van der Waals surface area contributed by atoms with Gasteiger partial charge in [0, 0.05) is 26.0 Å². The normalized spacial score (nSPS) is 10.2. The van der Waals surface area contributed by atoms with Crippen molar-refractivity contribution in [3.63, 3.8) is 0 Å². The summed E-state index contributed by atoms with van der Waals surface area (Å²) >= 11 is 0. The van der Waals surface area contributed by atoms with E-state index in [2.05, 4.69) is 5.10 Å². The number of aryl methyl sites for hydroxylation is 1. The molecule has 19 heavy (non-hydrogen) atoms. The standard InChI is InChI=1S/C13H13N3O3/c1-15-8-7-11(14-15)12(17)16(2)10-5-3-9(4-6-10)13(18)19/h3-8H,1-2H3,(H,18,19). The van der Waals surface area contributed by atoms with E-state index in [1.165, 1.54) is 17.0 Å². The Kier molecular flexibility index (Phi) is 3.33. The van der Waals surface area contributed by atoms with Crippen LogP contribution >= 0.6 is 0 Å². The minimum atomic E-state index is -0.995. The number of rotatable bonds is 3. The molecule has 0 atom stereocenters. The molecule has 0 saturated carbocycles. The second kappa shape index (κ2) is 4.93. The van der Waals surface area contributed by atoms with E-state index in [9.17, 15) is 9.59 Å². The molecule has 0 unspecified atom stereocenters. The first-order valence-corrected chi connectivity index (χ1v) is 5.60. The lowest BCUT2D eigenvalue weighted by molar-refractivity contribution is 0.0696. The molecule has 2 rings (SSSR count). The van der Waals surface area contributed by atoms with E-state index in [1.54, 1.807) is 43.2 Å². The zero-order chi connectivity index (χ0) is 14.0. The van der Waals surface area contributed by atoms with Crippen LogP contribution in [0.2, 0.25) is 0 Å². The summed E-state index contributed by atoms with van der Waals surface area (Å²) < 4.78 is 1.55. The van der Waals surface area contributed by atoms with Gasteiger partial charge in [0.25, 0.3) is 5.91 Å². The third-order valence-corrected chi connectivity index (χ3v) is 2.74. The first kappa shape index (κ1) is 12.8. The molecule has 0 fully saturated rings. The number of nitrogens with zero attached hydrogens (tertiary/aromatic N) is 3. The van der Waals surface area contributed by atoms with Crippen LogP contribution in [-0.2, 0) is 7.05 Å². The monoisotopic (exact) mass is 259 g/mol. The average Bonchev–Trinajstić information content (AvgIpc) is 2.84.